The minimum atomic E-state index is -1.06. The van der Waals surface area contributed by atoms with E-state index in [1.165, 1.54) is 37.3 Å². The molecule has 0 fully saturated rings. The predicted molar refractivity (Wildman–Crippen MR) is 98.2 cm³/mol. The van der Waals surface area contributed by atoms with Crippen LogP contribution in [0.25, 0.3) is 11.0 Å². The Bertz CT molecular complexity index is 1050. The minimum absolute atomic E-state index is 0.200. The molecule has 0 N–H and O–H groups in total. The zero-order valence-electron chi connectivity index (χ0n) is 13.5. The second-order valence-electron chi connectivity index (χ2n) is 5.53. The molecule has 0 saturated carbocycles. The molecule has 1 atom stereocenters. The van der Waals surface area contributed by atoms with Crippen molar-refractivity contribution in [1.29, 1.82) is 0 Å². The molecule has 1 aromatic heterocycles. The maximum atomic E-state index is 12.3. The van der Waals surface area contributed by atoms with E-state index in [0.717, 1.165) is 6.07 Å². The Morgan fingerprint density at radius 2 is 1.65 bits per heavy atom. The lowest BCUT2D eigenvalue weighted by molar-refractivity contribution is 0.0289. The number of hydrogen-bond donors (Lipinski definition) is 0. The van der Waals surface area contributed by atoms with Gasteiger partial charge in [0.2, 0.25) is 11.5 Å². The summed E-state index contributed by atoms with van der Waals surface area (Å²) < 4.78 is 10.5. The van der Waals surface area contributed by atoms with E-state index in [9.17, 15) is 14.4 Å². The van der Waals surface area contributed by atoms with Gasteiger partial charge in [0.05, 0.1) is 5.39 Å². The molecule has 3 rings (SSSR count). The summed E-state index contributed by atoms with van der Waals surface area (Å²) in [5, 5.41) is 1.12. The topological polar surface area (TPSA) is 73.6 Å². The van der Waals surface area contributed by atoms with Crippen LogP contribution in [0.4, 0.5) is 0 Å². The molecule has 0 aliphatic rings. The molecule has 5 nitrogen and oxygen atoms in total. The molecule has 1 heterocycles. The zero-order valence-corrected chi connectivity index (χ0v) is 15.0. The molecule has 3 aromatic rings. The fraction of sp³-hybridized carbons (Fsp3) is 0.105. The van der Waals surface area contributed by atoms with Crippen LogP contribution >= 0.6 is 23.2 Å². The molecule has 0 saturated heterocycles. The third-order valence-electron chi connectivity index (χ3n) is 3.67. The van der Waals surface area contributed by atoms with Crippen LogP contribution in [0.5, 0.6) is 0 Å². The van der Waals surface area contributed by atoms with Gasteiger partial charge < -0.3 is 9.15 Å². The highest BCUT2D eigenvalue weighted by atomic mass is 35.5. The highest BCUT2D eigenvalue weighted by Crippen LogP contribution is 2.19. The first-order chi connectivity index (χ1) is 12.3. The van der Waals surface area contributed by atoms with Crippen molar-refractivity contribution in [1.82, 2.24) is 0 Å². The first-order valence-electron chi connectivity index (χ1n) is 7.59. The number of ether oxygens (including phenoxy) is 1. The van der Waals surface area contributed by atoms with Crippen LogP contribution in [0.3, 0.4) is 0 Å². The summed E-state index contributed by atoms with van der Waals surface area (Å²) in [5.74, 6) is -1.60. The van der Waals surface area contributed by atoms with Crippen LogP contribution in [0, 0.1) is 0 Å². The Kier molecular flexibility index (Phi) is 5.11. The van der Waals surface area contributed by atoms with E-state index in [1.807, 2.05) is 0 Å². The van der Waals surface area contributed by atoms with Gasteiger partial charge in [-0.05, 0) is 49.4 Å². The number of carbonyl (C=O) groups excluding carboxylic acids is 2. The Hall–Kier alpha value is -2.63. The summed E-state index contributed by atoms with van der Waals surface area (Å²) in [4.78, 5) is 36.7. The van der Waals surface area contributed by atoms with E-state index >= 15 is 0 Å². The van der Waals surface area contributed by atoms with Gasteiger partial charge in [-0.15, -0.1) is 0 Å². The number of hydrogen-bond acceptors (Lipinski definition) is 5. The van der Waals surface area contributed by atoms with Crippen molar-refractivity contribution in [2.24, 2.45) is 0 Å². The first-order valence-corrected chi connectivity index (χ1v) is 8.35. The number of halogens is 2. The van der Waals surface area contributed by atoms with Crippen LogP contribution in [-0.2, 0) is 4.74 Å². The quantitative estimate of drug-likeness (QED) is 0.483. The highest BCUT2D eigenvalue weighted by molar-refractivity contribution is 6.31. The van der Waals surface area contributed by atoms with E-state index in [4.69, 9.17) is 32.4 Å². The molecule has 0 spiro atoms. The largest absolute Gasteiger partial charge is 0.449 e. The van der Waals surface area contributed by atoms with Crippen LogP contribution in [-0.4, -0.2) is 17.9 Å². The number of benzene rings is 2. The minimum Gasteiger partial charge on any atom is -0.449 e. The fourth-order valence-electron chi connectivity index (χ4n) is 2.35. The molecule has 0 amide bonds. The van der Waals surface area contributed by atoms with Gasteiger partial charge in [-0.2, -0.15) is 0 Å². The molecule has 7 heteroatoms. The van der Waals surface area contributed by atoms with Crippen molar-refractivity contribution in [2.45, 2.75) is 13.0 Å². The van der Waals surface area contributed by atoms with E-state index in [0.29, 0.717) is 15.6 Å². The molecule has 0 bridgehead atoms. The summed E-state index contributed by atoms with van der Waals surface area (Å²) >= 11 is 11.6. The Labute approximate surface area is 158 Å². The molecular formula is C19H12Cl2O5. The summed E-state index contributed by atoms with van der Waals surface area (Å²) in [7, 11) is 0. The SMILES string of the molecule is C[C@H](OC(=O)c1cc(=O)c2cc(Cl)ccc2o1)C(=O)c1ccc(Cl)cc1. The van der Waals surface area contributed by atoms with Gasteiger partial charge >= 0.3 is 5.97 Å². The third-order valence-corrected chi connectivity index (χ3v) is 4.16. The van der Waals surface area contributed by atoms with Gasteiger partial charge in [-0.3, -0.25) is 9.59 Å². The average molecular weight is 391 g/mol. The Morgan fingerprint density at radius 1 is 1.00 bits per heavy atom. The van der Waals surface area contributed by atoms with Crippen molar-refractivity contribution >= 4 is 45.9 Å². The molecule has 0 aliphatic carbocycles. The molecule has 26 heavy (non-hydrogen) atoms. The van der Waals surface area contributed by atoms with Crippen LogP contribution < -0.4 is 5.43 Å². The maximum absolute atomic E-state index is 12.3. The molecule has 2 aromatic carbocycles. The van der Waals surface area contributed by atoms with E-state index < -0.39 is 23.3 Å². The number of carbonyl (C=O) groups is 2. The standard InChI is InChI=1S/C19H12Cl2O5/c1-10(18(23)11-2-4-12(20)5-3-11)25-19(24)17-9-15(22)14-8-13(21)6-7-16(14)26-17/h2-10H,1H3/t10-/m0/s1. The van der Waals surface area contributed by atoms with E-state index in [2.05, 4.69) is 0 Å². The summed E-state index contributed by atoms with van der Waals surface area (Å²) in [6.45, 7) is 1.44. The summed E-state index contributed by atoms with van der Waals surface area (Å²) in [6, 6.07) is 11.7. The number of ketones is 1. The maximum Gasteiger partial charge on any atom is 0.375 e. The van der Waals surface area contributed by atoms with Gasteiger partial charge in [-0.25, -0.2) is 4.79 Å². The number of esters is 1. The lowest BCUT2D eigenvalue weighted by Gasteiger charge is -2.12. The molecule has 132 valence electrons. The molecule has 0 radical (unpaired) electrons. The van der Waals surface area contributed by atoms with Crippen molar-refractivity contribution in [3.8, 4) is 0 Å². The fourth-order valence-corrected chi connectivity index (χ4v) is 2.65. The third kappa shape index (κ3) is 3.79. The van der Waals surface area contributed by atoms with Gasteiger partial charge in [0.25, 0.3) is 0 Å². The smallest absolute Gasteiger partial charge is 0.375 e. The second kappa shape index (κ2) is 7.32. The first kappa shape index (κ1) is 18.2. The molecule has 0 aliphatic heterocycles. The number of rotatable bonds is 4. The molecular weight excluding hydrogens is 379 g/mol. The van der Waals surface area contributed by atoms with Crippen LogP contribution in [0.15, 0.2) is 57.7 Å². The normalized spacial score (nSPS) is 12.0. The van der Waals surface area contributed by atoms with Gasteiger partial charge in [0, 0.05) is 21.7 Å². The second-order valence-corrected chi connectivity index (χ2v) is 6.41. The number of Topliss-reactive ketones (excluding diaryl/α,β-unsaturated/α-hetero) is 1. The van der Waals surface area contributed by atoms with Crippen molar-refractivity contribution < 1.29 is 18.7 Å². The monoisotopic (exact) mass is 390 g/mol. The summed E-state index contributed by atoms with van der Waals surface area (Å²) in [5.41, 5.74) is 0.118. The van der Waals surface area contributed by atoms with Gasteiger partial charge in [-0.1, -0.05) is 23.2 Å². The number of fused-ring (bicyclic) bond motifs is 1. The lowest BCUT2D eigenvalue weighted by Crippen LogP contribution is -2.25. The van der Waals surface area contributed by atoms with Crippen LogP contribution in [0.1, 0.15) is 27.8 Å². The van der Waals surface area contributed by atoms with Crippen molar-refractivity contribution in [3.63, 3.8) is 0 Å². The van der Waals surface area contributed by atoms with Gasteiger partial charge in [0.1, 0.15) is 5.58 Å². The highest BCUT2D eigenvalue weighted by Gasteiger charge is 2.22. The Morgan fingerprint density at radius 3 is 2.35 bits per heavy atom. The Balaban J connectivity index is 1.82. The summed E-state index contributed by atoms with van der Waals surface area (Å²) in [6.07, 6.45) is -1.06. The van der Waals surface area contributed by atoms with Crippen LogP contribution in [0.2, 0.25) is 10.0 Å². The predicted octanol–water partition coefficient (Wildman–Crippen LogP) is 4.53. The molecule has 0 unspecified atom stereocenters. The zero-order chi connectivity index (χ0) is 18.8. The van der Waals surface area contributed by atoms with Crippen molar-refractivity contribution in [3.05, 3.63) is 80.1 Å². The average Bonchev–Trinajstić information content (AvgIpc) is 2.62. The van der Waals surface area contributed by atoms with Crippen molar-refractivity contribution in [2.75, 3.05) is 0 Å². The lowest BCUT2D eigenvalue weighted by atomic mass is 10.1. The van der Waals surface area contributed by atoms with E-state index in [-0.39, 0.29) is 16.7 Å². The van der Waals surface area contributed by atoms with Gasteiger partial charge in [0.15, 0.2) is 11.5 Å². The van der Waals surface area contributed by atoms with E-state index in [1.54, 1.807) is 12.1 Å².